The van der Waals surface area contributed by atoms with Gasteiger partial charge in [-0.25, -0.2) is 0 Å². The third kappa shape index (κ3) is 4.43. The first-order valence-electron chi connectivity index (χ1n) is 7.89. The van der Waals surface area contributed by atoms with Crippen molar-refractivity contribution in [2.45, 2.75) is 13.8 Å². The summed E-state index contributed by atoms with van der Waals surface area (Å²) in [5, 5.41) is 5.91. The zero-order valence-corrected chi connectivity index (χ0v) is 16.2. The van der Waals surface area contributed by atoms with Gasteiger partial charge in [-0.1, -0.05) is 12.1 Å². The molecule has 0 atom stereocenters. The summed E-state index contributed by atoms with van der Waals surface area (Å²) in [7, 11) is 4.49. The zero-order valence-electron chi connectivity index (χ0n) is 15.4. The molecule has 0 aliphatic rings. The summed E-state index contributed by atoms with van der Waals surface area (Å²) in [6.45, 7) is 3.95. The van der Waals surface area contributed by atoms with Crippen LogP contribution in [0.3, 0.4) is 0 Å². The Kier molecular flexibility index (Phi) is 6.41. The van der Waals surface area contributed by atoms with Crippen LogP contribution in [-0.4, -0.2) is 32.3 Å². The summed E-state index contributed by atoms with van der Waals surface area (Å²) in [6.07, 6.45) is 0. The number of amides is 1. The van der Waals surface area contributed by atoms with Gasteiger partial charge < -0.3 is 19.5 Å². The molecular weight excluding hydrogens is 352 g/mol. The predicted octanol–water partition coefficient (Wildman–Crippen LogP) is 3.46. The molecule has 0 heterocycles. The van der Waals surface area contributed by atoms with E-state index in [2.05, 4.69) is 10.6 Å². The molecule has 0 aliphatic heterocycles. The van der Waals surface area contributed by atoms with Gasteiger partial charge in [-0.2, -0.15) is 0 Å². The number of aryl methyl sites for hydroxylation is 2. The molecule has 26 heavy (non-hydrogen) atoms. The molecule has 0 aromatic heterocycles. The Labute approximate surface area is 158 Å². The number of ether oxygens (including phenoxy) is 3. The van der Waals surface area contributed by atoms with Crippen LogP contribution in [-0.2, 0) is 0 Å². The van der Waals surface area contributed by atoms with Crippen LogP contribution < -0.4 is 24.8 Å². The third-order valence-electron chi connectivity index (χ3n) is 3.80. The van der Waals surface area contributed by atoms with Crippen molar-refractivity contribution in [3.8, 4) is 17.2 Å². The molecule has 2 aromatic carbocycles. The SMILES string of the molecule is COc1cc(C(=O)NC(=S)Nc2cc(C)ccc2C)cc(OC)c1OC. The van der Waals surface area contributed by atoms with Crippen LogP contribution >= 0.6 is 12.2 Å². The van der Waals surface area contributed by atoms with E-state index in [9.17, 15) is 4.79 Å². The van der Waals surface area contributed by atoms with Crippen molar-refractivity contribution in [2.24, 2.45) is 0 Å². The topological polar surface area (TPSA) is 68.8 Å². The smallest absolute Gasteiger partial charge is 0.257 e. The number of thiocarbonyl (C=S) groups is 1. The standard InChI is InChI=1S/C19H22N2O4S/c1-11-6-7-12(2)14(8-11)20-19(26)21-18(22)13-9-15(23-3)17(25-5)16(10-13)24-4/h6-10H,1-5H3,(H2,20,21,22,26). The molecule has 1 amide bonds. The van der Waals surface area contributed by atoms with E-state index in [1.807, 2.05) is 32.0 Å². The number of benzene rings is 2. The number of carbonyl (C=O) groups excluding carboxylic acids is 1. The van der Waals surface area contributed by atoms with Crippen LogP contribution in [0.25, 0.3) is 0 Å². The number of hydrogen-bond acceptors (Lipinski definition) is 5. The maximum atomic E-state index is 12.5. The highest BCUT2D eigenvalue weighted by atomic mass is 32.1. The van der Waals surface area contributed by atoms with Gasteiger partial charge in [0.15, 0.2) is 16.6 Å². The maximum Gasteiger partial charge on any atom is 0.257 e. The fraction of sp³-hybridized carbons (Fsp3) is 0.263. The van der Waals surface area contributed by atoms with Gasteiger partial charge in [0.2, 0.25) is 5.75 Å². The van der Waals surface area contributed by atoms with E-state index in [4.69, 9.17) is 26.4 Å². The monoisotopic (exact) mass is 374 g/mol. The fourth-order valence-corrected chi connectivity index (χ4v) is 2.61. The van der Waals surface area contributed by atoms with Crippen molar-refractivity contribution in [3.63, 3.8) is 0 Å². The lowest BCUT2D eigenvalue weighted by Gasteiger charge is -2.15. The minimum absolute atomic E-state index is 0.206. The molecule has 0 fully saturated rings. The van der Waals surface area contributed by atoms with Crippen molar-refractivity contribution in [2.75, 3.05) is 26.6 Å². The Hall–Kier alpha value is -2.80. The third-order valence-corrected chi connectivity index (χ3v) is 4.00. The fourth-order valence-electron chi connectivity index (χ4n) is 2.41. The van der Waals surface area contributed by atoms with E-state index in [0.717, 1.165) is 16.8 Å². The quantitative estimate of drug-likeness (QED) is 0.781. The van der Waals surface area contributed by atoms with E-state index in [-0.39, 0.29) is 11.0 Å². The molecule has 0 saturated heterocycles. The molecule has 7 heteroatoms. The number of anilines is 1. The molecule has 0 unspecified atom stereocenters. The van der Waals surface area contributed by atoms with Gasteiger partial charge in [-0.3, -0.25) is 10.1 Å². The summed E-state index contributed by atoms with van der Waals surface area (Å²) in [6, 6.07) is 9.10. The Morgan fingerprint density at radius 3 is 2.12 bits per heavy atom. The number of nitrogens with one attached hydrogen (secondary N) is 2. The van der Waals surface area contributed by atoms with Crippen LogP contribution in [0.1, 0.15) is 21.5 Å². The molecule has 2 N–H and O–H groups in total. The van der Waals surface area contributed by atoms with Gasteiger partial charge in [0.25, 0.3) is 5.91 Å². The zero-order chi connectivity index (χ0) is 19.3. The van der Waals surface area contributed by atoms with Crippen LogP contribution in [0.2, 0.25) is 0 Å². The van der Waals surface area contributed by atoms with Gasteiger partial charge >= 0.3 is 0 Å². The largest absolute Gasteiger partial charge is 0.493 e. The van der Waals surface area contributed by atoms with E-state index in [0.29, 0.717) is 22.8 Å². The van der Waals surface area contributed by atoms with E-state index < -0.39 is 0 Å². The molecule has 2 aromatic rings. The summed E-state index contributed by atoms with van der Waals surface area (Å²) in [4.78, 5) is 12.5. The molecule has 0 bridgehead atoms. The Balaban J connectivity index is 2.19. The van der Waals surface area contributed by atoms with E-state index >= 15 is 0 Å². The summed E-state index contributed by atoms with van der Waals surface area (Å²) in [5.41, 5.74) is 3.31. The van der Waals surface area contributed by atoms with Crippen molar-refractivity contribution >= 4 is 28.9 Å². The number of methoxy groups -OCH3 is 3. The molecule has 138 valence electrons. The highest BCUT2D eigenvalue weighted by Gasteiger charge is 2.17. The first-order valence-corrected chi connectivity index (χ1v) is 8.30. The average molecular weight is 374 g/mol. The maximum absolute atomic E-state index is 12.5. The van der Waals surface area contributed by atoms with Crippen LogP contribution in [0.15, 0.2) is 30.3 Å². The lowest BCUT2D eigenvalue weighted by molar-refractivity contribution is 0.0977. The van der Waals surface area contributed by atoms with Crippen LogP contribution in [0, 0.1) is 13.8 Å². The summed E-state index contributed by atoms with van der Waals surface area (Å²) >= 11 is 5.26. The van der Waals surface area contributed by atoms with Crippen molar-refractivity contribution in [3.05, 3.63) is 47.0 Å². The number of hydrogen-bond donors (Lipinski definition) is 2. The van der Waals surface area contributed by atoms with Crippen molar-refractivity contribution in [1.82, 2.24) is 5.32 Å². The molecule has 6 nitrogen and oxygen atoms in total. The van der Waals surface area contributed by atoms with Gasteiger partial charge in [0.05, 0.1) is 21.3 Å². The second kappa shape index (κ2) is 8.53. The van der Waals surface area contributed by atoms with E-state index in [1.165, 1.54) is 21.3 Å². The van der Waals surface area contributed by atoms with Crippen LogP contribution in [0.5, 0.6) is 17.2 Å². The Morgan fingerprint density at radius 2 is 1.58 bits per heavy atom. The first-order chi connectivity index (χ1) is 12.4. The first kappa shape index (κ1) is 19.5. The molecular formula is C19H22N2O4S. The van der Waals surface area contributed by atoms with Gasteiger partial charge in [0.1, 0.15) is 0 Å². The van der Waals surface area contributed by atoms with Gasteiger partial charge in [-0.05, 0) is 55.4 Å². The molecule has 0 saturated carbocycles. The lowest BCUT2D eigenvalue weighted by Crippen LogP contribution is -2.34. The molecule has 0 aliphatic carbocycles. The van der Waals surface area contributed by atoms with Gasteiger partial charge in [0, 0.05) is 11.3 Å². The van der Waals surface area contributed by atoms with Crippen molar-refractivity contribution in [1.29, 1.82) is 0 Å². The van der Waals surface area contributed by atoms with Gasteiger partial charge in [-0.15, -0.1) is 0 Å². The second-order valence-corrected chi connectivity index (χ2v) is 6.05. The summed E-state index contributed by atoms with van der Waals surface area (Å²) in [5.74, 6) is 0.825. The number of carbonyl (C=O) groups is 1. The Morgan fingerprint density at radius 1 is 0.962 bits per heavy atom. The van der Waals surface area contributed by atoms with Crippen LogP contribution in [0.4, 0.5) is 5.69 Å². The highest BCUT2D eigenvalue weighted by Crippen LogP contribution is 2.38. The number of rotatable bonds is 5. The average Bonchev–Trinajstić information content (AvgIpc) is 2.63. The summed E-state index contributed by atoms with van der Waals surface area (Å²) < 4.78 is 15.8. The molecule has 2 rings (SSSR count). The second-order valence-electron chi connectivity index (χ2n) is 5.64. The minimum Gasteiger partial charge on any atom is -0.493 e. The highest BCUT2D eigenvalue weighted by molar-refractivity contribution is 7.80. The predicted molar refractivity (Wildman–Crippen MR) is 106 cm³/mol. The van der Waals surface area contributed by atoms with E-state index in [1.54, 1.807) is 12.1 Å². The minimum atomic E-state index is -0.382. The normalized spacial score (nSPS) is 10.0. The Bertz CT molecular complexity index is 811. The lowest BCUT2D eigenvalue weighted by atomic mass is 10.1. The molecule has 0 radical (unpaired) electrons. The molecule has 0 spiro atoms. The van der Waals surface area contributed by atoms with Crippen molar-refractivity contribution < 1.29 is 19.0 Å².